The molecule has 4 fully saturated rings. The standard InChI is InChI=1S/C24H30N4O5/c1-33-17-8-6-14(7-9-17)21(29)25-16-12-19-22(30)26-18-10-11-27(20(18)24(32)28(19)13-16)23(31)15-4-2-3-5-15/h6-9,15-16,18-20H,2-5,10-13H2,1H3,(H,25,29)(H,26,30)/t16-,18-,19+,20+/m1/s1. The normalized spacial score (nSPS) is 29.4. The maximum Gasteiger partial charge on any atom is 0.251 e. The molecule has 3 heterocycles. The van der Waals surface area contributed by atoms with Gasteiger partial charge in [0.1, 0.15) is 17.8 Å². The van der Waals surface area contributed by atoms with Gasteiger partial charge < -0.3 is 25.2 Å². The van der Waals surface area contributed by atoms with E-state index in [0.29, 0.717) is 30.7 Å². The third-order valence-electron chi connectivity index (χ3n) is 7.54. The van der Waals surface area contributed by atoms with Gasteiger partial charge in [0.05, 0.1) is 13.2 Å². The molecule has 4 atom stereocenters. The van der Waals surface area contributed by atoms with Crippen molar-refractivity contribution in [3.05, 3.63) is 29.8 Å². The summed E-state index contributed by atoms with van der Waals surface area (Å²) in [5, 5.41) is 5.97. The van der Waals surface area contributed by atoms with Gasteiger partial charge in [-0.1, -0.05) is 12.8 Å². The van der Waals surface area contributed by atoms with Crippen molar-refractivity contribution in [2.75, 3.05) is 20.2 Å². The van der Waals surface area contributed by atoms with E-state index in [1.54, 1.807) is 41.2 Å². The van der Waals surface area contributed by atoms with Gasteiger partial charge in [0.25, 0.3) is 5.91 Å². The number of ether oxygens (including phenoxy) is 1. The predicted molar refractivity (Wildman–Crippen MR) is 118 cm³/mol. The van der Waals surface area contributed by atoms with Gasteiger partial charge in [-0.25, -0.2) is 0 Å². The Balaban J connectivity index is 1.29. The SMILES string of the molecule is COc1ccc(C(=O)N[C@@H]2C[C@H]3C(=O)N[C@@H]4CCN(C(=O)C5CCCC5)[C@@H]4C(=O)N3C2)cc1. The molecule has 1 aromatic carbocycles. The van der Waals surface area contributed by atoms with Gasteiger partial charge in [0.15, 0.2) is 0 Å². The summed E-state index contributed by atoms with van der Waals surface area (Å²) < 4.78 is 5.13. The molecule has 9 heteroatoms. The fourth-order valence-corrected chi connectivity index (χ4v) is 5.80. The number of nitrogens with zero attached hydrogens (tertiary/aromatic N) is 2. The molecule has 5 rings (SSSR count). The molecular weight excluding hydrogens is 424 g/mol. The van der Waals surface area contributed by atoms with E-state index in [2.05, 4.69) is 10.6 Å². The van der Waals surface area contributed by atoms with E-state index in [0.717, 1.165) is 25.7 Å². The highest BCUT2D eigenvalue weighted by Crippen LogP contribution is 2.33. The zero-order chi connectivity index (χ0) is 23.1. The minimum absolute atomic E-state index is 0.0126. The molecule has 3 saturated heterocycles. The minimum atomic E-state index is -0.650. The molecule has 1 aliphatic carbocycles. The minimum Gasteiger partial charge on any atom is -0.497 e. The molecule has 4 amide bonds. The summed E-state index contributed by atoms with van der Waals surface area (Å²) in [4.78, 5) is 55.6. The molecule has 1 aromatic rings. The lowest BCUT2D eigenvalue weighted by Gasteiger charge is -2.30. The highest BCUT2D eigenvalue weighted by atomic mass is 16.5. The maximum absolute atomic E-state index is 13.6. The fraction of sp³-hybridized carbons (Fsp3) is 0.583. The number of methoxy groups -OCH3 is 1. The summed E-state index contributed by atoms with van der Waals surface area (Å²) in [5.74, 6) is 0.0439. The van der Waals surface area contributed by atoms with Crippen LogP contribution in [0.5, 0.6) is 5.75 Å². The Labute approximate surface area is 192 Å². The van der Waals surface area contributed by atoms with Crippen molar-refractivity contribution in [1.29, 1.82) is 0 Å². The van der Waals surface area contributed by atoms with Gasteiger partial charge in [0.2, 0.25) is 17.7 Å². The third kappa shape index (κ3) is 3.94. The van der Waals surface area contributed by atoms with Gasteiger partial charge in [-0.3, -0.25) is 19.2 Å². The Bertz CT molecular complexity index is 958. The summed E-state index contributed by atoms with van der Waals surface area (Å²) in [6.07, 6.45) is 4.80. The third-order valence-corrected chi connectivity index (χ3v) is 7.54. The Hall–Kier alpha value is -3.10. The van der Waals surface area contributed by atoms with Crippen LogP contribution in [-0.4, -0.2) is 77.8 Å². The number of rotatable bonds is 4. The van der Waals surface area contributed by atoms with E-state index in [1.807, 2.05) is 0 Å². The van der Waals surface area contributed by atoms with Gasteiger partial charge in [-0.05, 0) is 49.9 Å². The van der Waals surface area contributed by atoms with E-state index in [4.69, 9.17) is 4.74 Å². The van der Waals surface area contributed by atoms with Crippen LogP contribution in [0.2, 0.25) is 0 Å². The summed E-state index contributed by atoms with van der Waals surface area (Å²) in [6, 6.07) is 4.82. The highest BCUT2D eigenvalue weighted by Gasteiger charge is 2.53. The molecule has 3 aliphatic heterocycles. The van der Waals surface area contributed by atoms with Crippen LogP contribution in [-0.2, 0) is 14.4 Å². The van der Waals surface area contributed by atoms with Gasteiger partial charge >= 0.3 is 0 Å². The molecule has 176 valence electrons. The zero-order valence-electron chi connectivity index (χ0n) is 18.8. The smallest absolute Gasteiger partial charge is 0.251 e. The van der Waals surface area contributed by atoms with Crippen molar-refractivity contribution in [2.45, 2.75) is 62.7 Å². The lowest BCUT2D eigenvalue weighted by atomic mass is 10.0. The molecule has 1 saturated carbocycles. The van der Waals surface area contributed by atoms with Crippen LogP contribution >= 0.6 is 0 Å². The molecule has 33 heavy (non-hydrogen) atoms. The van der Waals surface area contributed by atoms with Crippen molar-refractivity contribution in [3.8, 4) is 5.75 Å². The Morgan fingerprint density at radius 2 is 1.82 bits per heavy atom. The molecule has 0 spiro atoms. The van der Waals surface area contributed by atoms with Crippen LogP contribution in [0.15, 0.2) is 24.3 Å². The van der Waals surface area contributed by atoms with Crippen molar-refractivity contribution in [3.63, 3.8) is 0 Å². The van der Waals surface area contributed by atoms with Crippen LogP contribution < -0.4 is 15.4 Å². The number of fused-ring (bicyclic) bond motifs is 2. The summed E-state index contributed by atoms with van der Waals surface area (Å²) in [7, 11) is 1.56. The number of hydrogen-bond donors (Lipinski definition) is 2. The number of benzene rings is 1. The first-order valence-electron chi connectivity index (χ1n) is 11.8. The first-order valence-corrected chi connectivity index (χ1v) is 11.8. The number of likely N-dealkylation sites (tertiary alicyclic amines) is 1. The van der Waals surface area contributed by atoms with Crippen LogP contribution in [0.3, 0.4) is 0 Å². The molecule has 9 nitrogen and oxygen atoms in total. The number of carbonyl (C=O) groups excluding carboxylic acids is 4. The van der Waals surface area contributed by atoms with Crippen LogP contribution in [0.4, 0.5) is 0 Å². The Morgan fingerprint density at radius 3 is 2.52 bits per heavy atom. The van der Waals surface area contributed by atoms with Crippen molar-refractivity contribution in [1.82, 2.24) is 20.4 Å². The van der Waals surface area contributed by atoms with Crippen LogP contribution in [0, 0.1) is 5.92 Å². The van der Waals surface area contributed by atoms with Crippen molar-refractivity contribution in [2.24, 2.45) is 5.92 Å². The number of hydrogen-bond acceptors (Lipinski definition) is 5. The van der Waals surface area contributed by atoms with Crippen molar-refractivity contribution >= 4 is 23.6 Å². The van der Waals surface area contributed by atoms with E-state index < -0.39 is 12.1 Å². The first kappa shape index (κ1) is 21.7. The quantitative estimate of drug-likeness (QED) is 0.696. The summed E-state index contributed by atoms with van der Waals surface area (Å²) in [5.41, 5.74) is 0.484. The second kappa shape index (κ2) is 8.68. The zero-order valence-corrected chi connectivity index (χ0v) is 18.8. The van der Waals surface area contributed by atoms with Crippen LogP contribution in [0.1, 0.15) is 48.9 Å². The van der Waals surface area contributed by atoms with E-state index in [1.165, 1.54) is 0 Å². The summed E-state index contributed by atoms with van der Waals surface area (Å²) in [6.45, 7) is 0.750. The number of carbonyl (C=O) groups is 4. The average molecular weight is 455 g/mol. The van der Waals surface area contributed by atoms with Crippen LogP contribution in [0.25, 0.3) is 0 Å². The largest absolute Gasteiger partial charge is 0.497 e. The van der Waals surface area contributed by atoms with Gasteiger partial charge in [-0.15, -0.1) is 0 Å². The monoisotopic (exact) mass is 454 g/mol. The second-order valence-electron chi connectivity index (χ2n) is 9.50. The molecule has 0 radical (unpaired) electrons. The highest BCUT2D eigenvalue weighted by molar-refractivity contribution is 5.98. The molecule has 0 unspecified atom stereocenters. The lowest BCUT2D eigenvalue weighted by molar-refractivity contribution is -0.146. The van der Waals surface area contributed by atoms with Gasteiger partial charge in [0, 0.05) is 30.6 Å². The van der Waals surface area contributed by atoms with Gasteiger partial charge in [-0.2, -0.15) is 0 Å². The predicted octanol–water partition coefficient (Wildman–Crippen LogP) is 0.684. The van der Waals surface area contributed by atoms with E-state index in [9.17, 15) is 19.2 Å². The first-order chi connectivity index (χ1) is 16.0. The number of amides is 4. The van der Waals surface area contributed by atoms with Crippen molar-refractivity contribution < 1.29 is 23.9 Å². The molecular formula is C24H30N4O5. The lowest BCUT2D eigenvalue weighted by Crippen LogP contribution is -2.53. The Morgan fingerprint density at radius 1 is 1.09 bits per heavy atom. The second-order valence-corrected chi connectivity index (χ2v) is 9.50. The topological polar surface area (TPSA) is 108 Å². The molecule has 0 aromatic heterocycles. The number of nitrogens with one attached hydrogen (secondary N) is 2. The summed E-state index contributed by atoms with van der Waals surface area (Å²) >= 11 is 0. The average Bonchev–Trinajstić information content (AvgIpc) is 3.57. The maximum atomic E-state index is 13.6. The van der Waals surface area contributed by atoms with E-state index in [-0.39, 0.29) is 48.2 Å². The Kier molecular flexibility index (Phi) is 5.72. The van der Waals surface area contributed by atoms with E-state index >= 15 is 0 Å². The molecule has 4 aliphatic rings. The fourth-order valence-electron chi connectivity index (χ4n) is 5.80. The molecule has 0 bridgehead atoms. The molecule has 2 N–H and O–H groups in total.